The predicted molar refractivity (Wildman–Crippen MR) is 146 cm³/mol. The number of methoxy groups -OCH3 is 2. The summed E-state index contributed by atoms with van der Waals surface area (Å²) in [6, 6.07) is 28.8. The lowest BCUT2D eigenvalue weighted by atomic mass is 10.1. The van der Waals surface area contributed by atoms with Gasteiger partial charge in [-0.15, -0.1) is 0 Å². The summed E-state index contributed by atoms with van der Waals surface area (Å²) in [7, 11) is 3.10. The van der Waals surface area contributed by atoms with E-state index in [4.69, 9.17) is 19.2 Å². The monoisotopic (exact) mass is 494 g/mol. The zero-order valence-corrected chi connectivity index (χ0v) is 20.4. The number of rotatable bonds is 8. The molecule has 0 radical (unpaired) electrons. The Balaban J connectivity index is 1.26. The van der Waals surface area contributed by atoms with Crippen molar-refractivity contribution in [2.45, 2.75) is 6.61 Å². The van der Waals surface area contributed by atoms with Gasteiger partial charge in [0.05, 0.1) is 42.3 Å². The zero-order chi connectivity index (χ0) is 25.6. The van der Waals surface area contributed by atoms with Gasteiger partial charge in [0.25, 0.3) is 0 Å². The van der Waals surface area contributed by atoms with Gasteiger partial charge in [-0.25, -0.2) is 9.78 Å². The third-order valence-corrected chi connectivity index (χ3v) is 5.81. The van der Waals surface area contributed by atoms with Crippen LogP contribution in [0.4, 0.5) is 21.9 Å². The highest BCUT2D eigenvalue weighted by Crippen LogP contribution is 2.31. The van der Waals surface area contributed by atoms with Crippen molar-refractivity contribution in [1.29, 1.82) is 0 Å². The molecule has 0 bridgehead atoms. The summed E-state index contributed by atoms with van der Waals surface area (Å²) in [6.07, 6.45) is -0.582. The summed E-state index contributed by atoms with van der Waals surface area (Å²) >= 11 is 0. The van der Waals surface area contributed by atoms with Crippen molar-refractivity contribution in [2.24, 2.45) is 0 Å². The number of carbonyl (C=O) groups excluding carboxylic acids is 1. The molecule has 8 nitrogen and oxygen atoms in total. The number of aromatic nitrogens is 1. The first-order valence-electron chi connectivity index (χ1n) is 11.7. The molecule has 0 atom stereocenters. The topological polar surface area (TPSA) is 93.7 Å². The smallest absolute Gasteiger partial charge is 0.411 e. The number of ether oxygens (including phenoxy) is 3. The number of benzene rings is 4. The Hall–Kier alpha value is -4.98. The molecule has 5 aromatic rings. The Morgan fingerprint density at radius 3 is 2.03 bits per heavy atom. The van der Waals surface area contributed by atoms with Crippen molar-refractivity contribution in [2.75, 3.05) is 30.4 Å². The largest absolute Gasteiger partial charge is 0.497 e. The van der Waals surface area contributed by atoms with Gasteiger partial charge >= 0.3 is 6.09 Å². The molecular weight excluding hydrogens is 468 g/mol. The van der Waals surface area contributed by atoms with Crippen LogP contribution >= 0.6 is 0 Å². The van der Waals surface area contributed by atoms with E-state index >= 15 is 0 Å². The van der Waals surface area contributed by atoms with Gasteiger partial charge in [0, 0.05) is 29.0 Å². The molecule has 186 valence electrons. The van der Waals surface area contributed by atoms with Gasteiger partial charge in [-0.05, 0) is 29.8 Å². The predicted octanol–water partition coefficient (Wildman–Crippen LogP) is 6.59. The molecule has 0 spiro atoms. The molecule has 0 saturated heterocycles. The van der Waals surface area contributed by atoms with Gasteiger partial charge in [-0.2, -0.15) is 0 Å². The quantitative estimate of drug-likeness (QED) is 0.165. The van der Waals surface area contributed by atoms with E-state index in [1.165, 1.54) is 0 Å². The Morgan fingerprint density at radius 1 is 0.730 bits per heavy atom. The molecule has 0 saturated carbocycles. The van der Waals surface area contributed by atoms with E-state index in [9.17, 15) is 4.79 Å². The van der Waals surface area contributed by atoms with Crippen molar-refractivity contribution in [3.63, 3.8) is 0 Å². The Bertz CT molecular complexity index is 1490. The fourth-order valence-electron chi connectivity index (χ4n) is 4.03. The number of para-hydroxylation sites is 2. The molecule has 3 N–H and O–H groups in total. The van der Waals surface area contributed by atoms with Crippen LogP contribution in [0.3, 0.4) is 0 Å². The van der Waals surface area contributed by atoms with Gasteiger partial charge in [-0.1, -0.05) is 48.5 Å². The van der Waals surface area contributed by atoms with E-state index in [1.54, 1.807) is 32.4 Å². The van der Waals surface area contributed by atoms with Crippen LogP contribution in [-0.2, 0) is 11.3 Å². The van der Waals surface area contributed by atoms with Crippen LogP contribution in [0, 0.1) is 0 Å². The van der Waals surface area contributed by atoms with Crippen LogP contribution in [0.1, 0.15) is 5.56 Å². The van der Waals surface area contributed by atoms with Gasteiger partial charge in [0.1, 0.15) is 18.1 Å². The van der Waals surface area contributed by atoms with E-state index < -0.39 is 6.09 Å². The second kappa shape index (κ2) is 10.7. The van der Waals surface area contributed by atoms with Crippen molar-refractivity contribution in [3.8, 4) is 11.5 Å². The molecule has 0 fully saturated rings. The maximum Gasteiger partial charge on any atom is 0.411 e. The van der Waals surface area contributed by atoms with Crippen LogP contribution in [0.5, 0.6) is 11.5 Å². The minimum Gasteiger partial charge on any atom is -0.497 e. The molecule has 1 heterocycles. The third kappa shape index (κ3) is 5.48. The summed E-state index contributed by atoms with van der Waals surface area (Å²) < 4.78 is 15.9. The summed E-state index contributed by atoms with van der Waals surface area (Å²) in [4.78, 5) is 17.1. The summed E-state index contributed by atoms with van der Waals surface area (Å²) in [5.74, 6) is 1.13. The lowest BCUT2D eigenvalue weighted by Gasteiger charge is -2.15. The number of hydrazine groups is 1. The summed E-state index contributed by atoms with van der Waals surface area (Å²) in [6.45, 7) is 0.101. The van der Waals surface area contributed by atoms with E-state index in [0.29, 0.717) is 17.2 Å². The second-order valence-corrected chi connectivity index (χ2v) is 8.27. The van der Waals surface area contributed by atoms with E-state index in [0.717, 1.165) is 38.7 Å². The molecule has 8 heteroatoms. The van der Waals surface area contributed by atoms with E-state index in [1.807, 2.05) is 72.8 Å². The minimum atomic E-state index is -0.582. The van der Waals surface area contributed by atoms with Crippen LogP contribution in [0.2, 0.25) is 0 Å². The lowest BCUT2D eigenvalue weighted by molar-refractivity contribution is 0.155. The van der Waals surface area contributed by atoms with Crippen molar-refractivity contribution in [3.05, 3.63) is 96.6 Å². The SMILES string of the molecule is COc1cc(NC(=O)OCc2cccc(NNc3c4ccccc4nc4ccccc34)c2)cc(OC)c1. The van der Waals surface area contributed by atoms with Crippen LogP contribution in [-0.4, -0.2) is 25.3 Å². The molecule has 5 rings (SSSR count). The average molecular weight is 495 g/mol. The van der Waals surface area contributed by atoms with Gasteiger partial charge in [-0.3, -0.25) is 10.7 Å². The van der Waals surface area contributed by atoms with Crippen molar-refractivity contribution < 1.29 is 19.0 Å². The third-order valence-electron chi connectivity index (χ3n) is 5.81. The van der Waals surface area contributed by atoms with E-state index in [-0.39, 0.29) is 6.61 Å². The molecule has 4 aromatic carbocycles. The highest BCUT2D eigenvalue weighted by Gasteiger charge is 2.10. The Labute approximate surface area is 214 Å². The highest BCUT2D eigenvalue weighted by atomic mass is 16.5. The molecule has 0 aliphatic rings. The van der Waals surface area contributed by atoms with E-state index in [2.05, 4.69) is 16.2 Å². The standard InChI is InChI=1S/C29H26N4O4/c1-35-22-15-21(16-23(17-22)36-2)30-29(34)37-18-19-8-7-9-20(14-19)32-33-28-24-10-3-5-12-26(24)31-27-13-6-4-11-25(27)28/h3-17,32H,18H2,1-2H3,(H,30,34)(H,31,33). The van der Waals surface area contributed by atoms with Crippen molar-refractivity contribution >= 4 is 45.0 Å². The molecular formula is C29H26N4O4. The molecule has 37 heavy (non-hydrogen) atoms. The fourth-order valence-corrected chi connectivity index (χ4v) is 4.03. The number of pyridine rings is 1. The first-order chi connectivity index (χ1) is 18.1. The molecule has 1 aromatic heterocycles. The number of anilines is 3. The lowest BCUT2D eigenvalue weighted by Crippen LogP contribution is -2.14. The first kappa shape index (κ1) is 23.7. The second-order valence-electron chi connectivity index (χ2n) is 8.27. The number of nitrogens with zero attached hydrogens (tertiary/aromatic N) is 1. The molecule has 0 aliphatic carbocycles. The number of hydrogen-bond donors (Lipinski definition) is 3. The van der Waals surface area contributed by atoms with Crippen molar-refractivity contribution in [1.82, 2.24) is 4.98 Å². The molecule has 0 unspecified atom stereocenters. The fraction of sp³-hybridized carbons (Fsp3) is 0.103. The molecule has 1 amide bonds. The maximum absolute atomic E-state index is 12.4. The maximum atomic E-state index is 12.4. The number of carbonyl (C=O) groups is 1. The molecule has 0 aliphatic heterocycles. The van der Waals surface area contributed by atoms with Gasteiger partial charge < -0.3 is 19.6 Å². The minimum absolute atomic E-state index is 0.101. The summed E-state index contributed by atoms with van der Waals surface area (Å²) in [5.41, 5.74) is 11.6. The number of amides is 1. The number of fused-ring (bicyclic) bond motifs is 2. The van der Waals surface area contributed by atoms with Crippen LogP contribution in [0.25, 0.3) is 21.8 Å². The first-order valence-corrected chi connectivity index (χ1v) is 11.7. The number of hydrogen-bond acceptors (Lipinski definition) is 7. The zero-order valence-electron chi connectivity index (χ0n) is 20.4. The highest BCUT2D eigenvalue weighted by molar-refractivity contribution is 6.07. The Morgan fingerprint density at radius 2 is 1.38 bits per heavy atom. The van der Waals surface area contributed by atoms with Gasteiger partial charge in [0.15, 0.2) is 0 Å². The Kier molecular flexibility index (Phi) is 6.89. The number of nitrogens with one attached hydrogen (secondary N) is 3. The average Bonchev–Trinajstić information content (AvgIpc) is 2.94. The van der Waals surface area contributed by atoms with Crippen LogP contribution in [0.15, 0.2) is 91.0 Å². The normalized spacial score (nSPS) is 10.6. The van der Waals surface area contributed by atoms with Gasteiger partial charge in [0.2, 0.25) is 0 Å². The summed E-state index contributed by atoms with van der Waals surface area (Å²) in [5, 5.41) is 4.73. The van der Waals surface area contributed by atoms with Crippen LogP contribution < -0.4 is 25.6 Å².